The minimum Gasteiger partial charge on any atom is -0.389 e. The van der Waals surface area contributed by atoms with E-state index in [1.165, 1.54) is 0 Å². The van der Waals surface area contributed by atoms with E-state index in [1.54, 1.807) is 12.1 Å². The van der Waals surface area contributed by atoms with Crippen molar-refractivity contribution < 1.29 is 4.79 Å². The molecule has 1 amide bonds. The lowest BCUT2D eigenvalue weighted by Crippen LogP contribution is -2.34. The largest absolute Gasteiger partial charge is 0.389 e. The number of hydrogen-bond donors (Lipinski definition) is 2. The molecule has 0 aliphatic carbocycles. The summed E-state index contributed by atoms with van der Waals surface area (Å²) in [6.45, 7) is 3.01. The minimum absolute atomic E-state index is 0.169. The number of amides is 1. The van der Waals surface area contributed by atoms with Crippen LogP contribution in [0.4, 0.5) is 5.69 Å². The maximum absolute atomic E-state index is 11.1. The van der Waals surface area contributed by atoms with Crippen LogP contribution in [0.3, 0.4) is 0 Å². The normalized spacial score (nSPS) is 10.2. The molecule has 0 saturated heterocycles. The van der Waals surface area contributed by atoms with Crippen molar-refractivity contribution in [1.29, 1.82) is 0 Å². The molecule has 1 aromatic carbocycles. The van der Waals surface area contributed by atoms with E-state index < -0.39 is 0 Å². The van der Waals surface area contributed by atoms with Gasteiger partial charge in [0.25, 0.3) is 0 Å². The van der Waals surface area contributed by atoms with Crippen LogP contribution in [0.15, 0.2) is 18.2 Å². The first-order valence-electron chi connectivity index (χ1n) is 6.08. The van der Waals surface area contributed by atoms with Gasteiger partial charge in [-0.15, -0.1) is 0 Å². The van der Waals surface area contributed by atoms with Crippen LogP contribution in [0.25, 0.3) is 0 Å². The summed E-state index contributed by atoms with van der Waals surface area (Å²) in [5, 5.41) is 0.482. The molecule has 0 aliphatic heterocycles. The first-order valence-corrected chi connectivity index (χ1v) is 6.87. The maximum atomic E-state index is 11.1. The zero-order valence-corrected chi connectivity index (χ0v) is 12.4. The molecule has 0 bridgehead atoms. The molecule has 0 radical (unpaired) electrons. The Morgan fingerprint density at radius 2 is 2.11 bits per heavy atom. The lowest BCUT2D eigenvalue weighted by atomic mass is 10.2. The molecule has 0 saturated carbocycles. The highest BCUT2D eigenvalue weighted by Crippen LogP contribution is 2.24. The van der Waals surface area contributed by atoms with Gasteiger partial charge < -0.3 is 16.4 Å². The van der Waals surface area contributed by atoms with Crippen LogP contribution in [-0.2, 0) is 4.79 Å². The van der Waals surface area contributed by atoms with Gasteiger partial charge in [0.2, 0.25) is 5.91 Å². The number of carbonyl (C=O) groups excluding carboxylic acids is 1. The highest BCUT2D eigenvalue weighted by Gasteiger charge is 2.12. The second-order valence-electron chi connectivity index (χ2n) is 4.27. The monoisotopic (exact) mass is 299 g/mol. The number of primary amides is 1. The molecule has 4 N–H and O–H groups in total. The van der Waals surface area contributed by atoms with Crippen LogP contribution in [-0.4, -0.2) is 24.0 Å². The SMILES string of the molecule is CCCCN(CC(N)=O)c1ccc(C(N)=S)c(Cl)c1. The molecule has 1 rings (SSSR count). The summed E-state index contributed by atoms with van der Waals surface area (Å²) >= 11 is 11.0. The van der Waals surface area contributed by atoms with Crippen LogP contribution < -0.4 is 16.4 Å². The van der Waals surface area contributed by atoms with Crippen LogP contribution in [0.2, 0.25) is 5.02 Å². The van der Waals surface area contributed by atoms with Crippen LogP contribution in [0, 0.1) is 0 Å². The standard InChI is InChI=1S/C13H18ClN3OS/c1-2-3-6-17(8-12(15)18)9-4-5-10(13(16)19)11(14)7-9/h4-5,7H,2-3,6,8H2,1H3,(H2,15,18)(H2,16,19). The van der Waals surface area contributed by atoms with Gasteiger partial charge in [0.05, 0.1) is 11.6 Å². The Morgan fingerprint density at radius 3 is 2.58 bits per heavy atom. The fourth-order valence-corrected chi connectivity index (χ4v) is 2.25. The second-order valence-corrected chi connectivity index (χ2v) is 5.12. The first kappa shape index (κ1) is 15.7. The van der Waals surface area contributed by atoms with E-state index in [-0.39, 0.29) is 17.4 Å². The van der Waals surface area contributed by atoms with Crippen molar-refractivity contribution in [2.24, 2.45) is 11.5 Å². The number of nitrogens with two attached hydrogens (primary N) is 2. The van der Waals surface area contributed by atoms with E-state index in [9.17, 15) is 4.79 Å². The summed E-state index contributed by atoms with van der Waals surface area (Å²) in [4.78, 5) is 13.3. The summed E-state index contributed by atoms with van der Waals surface area (Å²) in [7, 11) is 0. The Bertz CT molecular complexity index is 479. The Morgan fingerprint density at radius 1 is 1.42 bits per heavy atom. The fourth-order valence-electron chi connectivity index (χ4n) is 1.74. The van der Waals surface area contributed by atoms with Gasteiger partial charge in [-0.3, -0.25) is 4.79 Å². The number of nitrogens with zero attached hydrogens (tertiary/aromatic N) is 1. The Hall–Kier alpha value is -1.33. The molecular formula is C13H18ClN3OS. The number of thiocarbonyl (C=S) groups is 1. The molecule has 4 nitrogen and oxygen atoms in total. The Balaban J connectivity index is 2.98. The smallest absolute Gasteiger partial charge is 0.236 e. The average Bonchev–Trinajstić information content (AvgIpc) is 2.33. The predicted molar refractivity (Wildman–Crippen MR) is 83.7 cm³/mol. The molecule has 0 atom stereocenters. The Kier molecular flexibility index (Phi) is 6.05. The second kappa shape index (κ2) is 7.31. The molecule has 0 heterocycles. The molecule has 0 aromatic heterocycles. The minimum atomic E-state index is -0.370. The summed E-state index contributed by atoms with van der Waals surface area (Å²) in [6.07, 6.45) is 2.01. The van der Waals surface area contributed by atoms with Crippen molar-refractivity contribution in [1.82, 2.24) is 0 Å². The lowest BCUT2D eigenvalue weighted by molar-refractivity contribution is -0.116. The van der Waals surface area contributed by atoms with Gasteiger partial charge in [0, 0.05) is 17.8 Å². The van der Waals surface area contributed by atoms with Crippen molar-refractivity contribution in [2.75, 3.05) is 18.0 Å². The van der Waals surface area contributed by atoms with Gasteiger partial charge in [0.1, 0.15) is 4.99 Å². The van der Waals surface area contributed by atoms with Crippen LogP contribution >= 0.6 is 23.8 Å². The van der Waals surface area contributed by atoms with Crippen LogP contribution in [0.5, 0.6) is 0 Å². The number of hydrogen-bond acceptors (Lipinski definition) is 3. The molecule has 0 fully saturated rings. The van der Waals surface area contributed by atoms with Gasteiger partial charge >= 0.3 is 0 Å². The van der Waals surface area contributed by atoms with E-state index in [2.05, 4.69) is 6.92 Å². The summed E-state index contributed by atoms with van der Waals surface area (Å²) in [5.74, 6) is -0.370. The summed E-state index contributed by atoms with van der Waals surface area (Å²) in [5.41, 5.74) is 12.3. The highest BCUT2D eigenvalue weighted by molar-refractivity contribution is 7.80. The van der Waals surface area contributed by atoms with E-state index >= 15 is 0 Å². The van der Waals surface area contributed by atoms with E-state index in [0.29, 0.717) is 10.6 Å². The van der Waals surface area contributed by atoms with Gasteiger partial charge in [-0.25, -0.2) is 0 Å². The van der Waals surface area contributed by atoms with Crippen molar-refractivity contribution in [3.8, 4) is 0 Å². The molecule has 1 aromatic rings. The quantitative estimate of drug-likeness (QED) is 0.756. The van der Waals surface area contributed by atoms with Crippen molar-refractivity contribution in [3.05, 3.63) is 28.8 Å². The predicted octanol–water partition coefficient (Wildman–Crippen LogP) is 2.07. The van der Waals surface area contributed by atoms with Crippen molar-refractivity contribution >= 4 is 40.4 Å². The first-order chi connectivity index (χ1) is 8.95. The molecule has 0 aliphatic rings. The van der Waals surface area contributed by atoms with Crippen LogP contribution in [0.1, 0.15) is 25.3 Å². The summed E-state index contributed by atoms with van der Waals surface area (Å²) in [6, 6.07) is 5.37. The lowest BCUT2D eigenvalue weighted by Gasteiger charge is -2.23. The number of rotatable bonds is 7. The topological polar surface area (TPSA) is 72.3 Å². The number of halogens is 1. The molecule has 0 spiro atoms. The number of benzene rings is 1. The van der Waals surface area contributed by atoms with Gasteiger partial charge in [-0.1, -0.05) is 37.2 Å². The maximum Gasteiger partial charge on any atom is 0.236 e. The average molecular weight is 300 g/mol. The van der Waals surface area contributed by atoms with Gasteiger partial charge in [-0.05, 0) is 24.6 Å². The molecule has 19 heavy (non-hydrogen) atoms. The third-order valence-corrected chi connectivity index (χ3v) is 3.24. The van der Waals surface area contributed by atoms with Crippen molar-refractivity contribution in [2.45, 2.75) is 19.8 Å². The van der Waals surface area contributed by atoms with E-state index in [0.717, 1.165) is 25.1 Å². The fraction of sp³-hybridized carbons (Fsp3) is 0.385. The van der Waals surface area contributed by atoms with E-state index in [4.69, 9.17) is 35.3 Å². The highest BCUT2D eigenvalue weighted by atomic mass is 35.5. The third kappa shape index (κ3) is 4.69. The van der Waals surface area contributed by atoms with Crippen molar-refractivity contribution in [3.63, 3.8) is 0 Å². The summed E-state index contributed by atoms with van der Waals surface area (Å²) < 4.78 is 0. The number of unbranched alkanes of at least 4 members (excludes halogenated alkanes) is 1. The molecule has 104 valence electrons. The molecule has 0 unspecified atom stereocenters. The van der Waals surface area contributed by atoms with E-state index in [1.807, 2.05) is 11.0 Å². The Labute approximate surface area is 123 Å². The molecular weight excluding hydrogens is 282 g/mol. The zero-order chi connectivity index (χ0) is 14.4. The number of anilines is 1. The third-order valence-electron chi connectivity index (χ3n) is 2.71. The van der Waals surface area contributed by atoms with Gasteiger partial charge in [-0.2, -0.15) is 0 Å². The molecule has 6 heteroatoms. The zero-order valence-electron chi connectivity index (χ0n) is 10.9. The number of carbonyl (C=O) groups is 1. The van der Waals surface area contributed by atoms with Gasteiger partial charge in [0.15, 0.2) is 0 Å².